The molecular formula is C23H24N2O. The van der Waals surface area contributed by atoms with Gasteiger partial charge in [-0.25, -0.2) is 4.98 Å². The van der Waals surface area contributed by atoms with Crippen molar-refractivity contribution in [3.05, 3.63) is 65.7 Å². The van der Waals surface area contributed by atoms with E-state index in [1.807, 2.05) is 54.3 Å². The van der Waals surface area contributed by atoms with Crippen LogP contribution in [0.25, 0.3) is 22.2 Å². The second-order valence-electron chi connectivity index (χ2n) is 7.19. The molecule has 132 valence electrons. The minimum atomic E-state index is 0.144. The van der Waals surface area contributed by atoms with Crippen LogP contribution in [0.15, 0.2) is 54.6 Å². The summed E-state index contributed by atoms with van der Waals surface area (Å²) in [7, 11) is 0. The van der Waals surface area contributed by atoms with Gasteiger partial charge in [0.1, 0.15) is 0 Å². The molecule has 1 atom stereocenters. The number of rotatable bonds is 2. The van der Waals surface area contributed by atoms with Gasteiger partial charge in [-0.3, -0.25) is 4.79 Å². The summed E-state index contributed by atoms with van der Waals surface area (Å²) < 4.78 is 0. The van der Waals surface area contributed by atoms with Crippen LogP contribution in [0.2, 0.25) is 0 Å². The summed E-state index contributed by atoms with van der Waals surface area (Å²) in [5.41, 5.74) is 4.61. The molecule has 0 radical (unpaired) electrons. The summed E-state index contributed by atoms with van der Waals surface area (Å²) in [6.45, 7) is 5.04. The Morgan fingerprint density at radius 2 is 1.77 bits per heavy atom. The minimum Gasteiger partial charge on any atom is -0.336 e. The van der Waals surface area contributed by atoms with E-state index in [0.717, 1.165) is 52.7 Å². The van der Waals surface area contributed by atoms with Gasteiger partial charge in [0, 0.05) is 23.5 Å². The van der Waals surface area contributed by atoms with Crippen LogP contribution < -0.4 is 0 Å². The van der Waals surface area contributed by atoms with Crippen LogP contribution >= 0.6 is 0 Å². The number of likely N-dealkylation sites (tertiary alicyclic amines) is 1. The van der Waals surface area contributed by atoms with Crippen molar-refractivity contribution in [3.63, 3.8) is 0 Å². The normalized spacial score (nSPS) is 17.5. The number of nitrogens with zero attached hydrogens (tertiary/aromatic N) is 2. The summed E-state index contributed by atoms with van der Waals surface area (Å²) in [5.74, 6) is 0.144. The van der Waals surface area contributed by atoms with E-state index in [2.05, 4.69) is 19.1 Å². The minimum absolute atomic E-state index is 0.144. The van der Waals surface area contributed by atoms with Crippen LogP contribution in [0, 0.1) is 6.92 Å². The average molecular weight is 344 g/mol. The van der Waals surface area contributed by atoms with E-state index in [1.54, 1.807) is 0 Å². The SMILES string of the molecule is Cc1c(-c2ccccc2)nc2ccccc2c1C(=O)N1CCCCC1C. The molecule has 26 heavy (non-hydrogen) atoms. The quantitative estimate of drug-likeness (QED) is 0.638. The zero-order valence-electron chi connectivity index (χ0n) is 15.4. The summed E-state index contributed by atoms with van der Waals surface area (Å²) in [6.07, 6.45) is 3.37. The lowest BCUT2D eigenvalue weighted by Crippen LogP contribution is -2.42. The van der Waals surface area contributed by atoms with Crippen LogP contribution in [0.4, 0.5) is 0 Å². The van der Waals surface area contributed by atoms with E-state index < -0.39 is 0 Å². The third kappa shape index (κ3) is 2.88. The van der Waals surface area contributed by atoms with Crippen molar-refractivity contribution < 1.29 is 4.79 Å². The predicted octanol–water partition coefficient (Wildman–Crippen LogP) is 5.22. The van der Waals surface area contributed by atoms with E-state index in [4.69, 9.17) is 4.98 Å². The van der Waals surface area contributed by atoms with Gasteiger partial charge < -0.3 is 4.90 Å². The molecule has 0 saturated carbocycles. The Balaban J connectivity index is 1.92. The van der Waals surface area contributed by atoms with Crippen molar-refractivity contribution in [1.82, 2.24) is 9.88 Å². The molecule has 1 aromatic heterocycles. The first kappa shape index (κ1) is 16.8. The van der Waals surface area contributed by atoms with Crippen LogP contribution in [0.5, 0.6) is 0 Å². The van der Waals surface area contributed by atoms with Crippen molar-refractivity contribution in [2.75, 3.05) is 6.54 Å². The molecule has 0 spiro atoms. The van der Waals surface area contributed by atoms with Gasteiger partial charge in [-0.2, -0.15) is 0 Å². The monoisotopic (exact) mass is 344 g/mol. The fraction of sp³-hybridized carbons (Fsp3) is 0.304. The molecule has 1 aliphatic heterocycles. The second kappa shape index (κ2) is 6.91. The number of benzene rings is 2. The highest BCUT2D eigenvalue weighted by molar-refractivity contribution is 6.09. The van der Waals surface area contributed by atoms with Gasteiger partial charge >= 0.3 is 0 Å². The van der Waals surface area contributed by atoms with Crippen molar-refractivity contribution in [3.8, 4) is 11.3 Å². The van der Waals surface area contributed by atoms with E-state index >= 15 is 0 Å². The molecule has 2 heterocycles. The highest BCUT2D eigenvalue weighted by Gasteiger charge is 2.28. The molecule has 1 unspecified atom stereocenters. The van der Waals surface area contributed by atoms with Crippen molar-refractivity contribution >= 4 is 16.8 Å². The van der Waals surface area contributed by atoms with Gasteiger partial charge in [-0.05, 0) is 44.7 Å². The Kier molecular flexibility index (Phi) is 4.46. The fourth-order valence-electron chi connectivity index (χ4n) is 4.00. The zero-order valence-corrected chi connectivity index (χ0v) is 15.4. The second-order valence-corrected chi connectivity index (χ2v) is 7.19. The molecule has 3 aromatic rings. The number of pyridine rings is 1. The third-order valence-corrected chi connectivity index (χ3v) is 5.46. The van der Waals surface area contributed by atoms with Crippen LogP contribution in [0.3, 0.4) is 0 Å². The van der Waals surface area contributed by atoms with Crippen molar-refractivity contribution in [1.29, 1.82) is 0 Å². The van der Waals surface area contributed by atoms with E-state index in [0.29, 0.717) is 6.04 Å². The zero-order chi connectivity index (χ0) is 18.1. The van der Waals surface area contributed by atoms with E-state index in [-0.39, 0.29) is 5.91 Å². The molecule has 0 bridgehead atoms. The Morgan fingerprint density at radius 3 is 2.54 bits per heavy atom. The average Bonchev–Trinajstić information content (AvgIpc) is 2.68. The molecular weight excluding hydrogens is 320 g/mol. The molecule has 1 aliphatic rings. The molecule has 1 amide bonds. The topological polar surface area (TPSA) is 33.2 Å². The first-order valence-electron chi connectivity index (χ1n) is 9.42. The standard InChI is InChI=1S/C23H24N2O/c1-16-10-8-9-15-25(16)23(26)21-17(2)22(18-11-4-3-5-12-18)24-20-14-7-6-13-19(20)21/h3-7,11-14,16H,8-10,15H2,1-2H3. The number of amides is 1. The predicted molar refractivity (Wildman–Crippen MR) is 106 cm³/mol. The fourth-order valence-corrected chi connectivity index (χ4v) is 4.00. The third-order valence-electron chi connectivity index (χ3n) is 5.46. The summed E-state index contributed by atoms with van der Waals surface area (Å²) in [5, 5.41) is 0.951. The smallest absolute Gasteiger partial charge is 0.255 e. The lowest BCUT2D eigenvalue weighted by Gasteiger charge is -2.34. The summed E-state index contributed by atoms with van der Waals surface area (Å²) in [6, 6.07) is 18.4. The number of carbonyl (C=O) groups is 1. The molecule has 3 heteroatoms. The highest BCUT2D eigenvalue weighted by atomic mass is 16.2. The van der Waals surface area contributed by atoms with Gasteiger partial charge in [0.05, 0.1) is 16.8 Å². The lowest BCUT2D eigenvalue weighted by atomic mass is 9.95. The van der Waals surface area contributed by atoms with E-state index in [9.17, 15) is 4.79 Å². The number of fused-ring (bicyclic) bond motifs is 1. The summed E-state index contributed by atoms with van der Waals surface area (Å²) in [4.78, 5) is 20.5. The molecule has 0 aliphatic carbocycles. The molecule has 4 rings (SSSR count). The number of hydrogen-bond donors (Lipinski definition) is 0. The van der Waals surface area contributed by atoms with Gasteiger partial charge in [-0.15, -0.1) is 0 Å². The first-order chi connectivity index (χ1) is 12.7. The maximum Gasteiger partial charge on any atom is 0.255 e. The molecule has 1 saturated heterocycles. The van der Waals surface area contributed by atoms with Gasteiger partial charge in [-0.1, -0.05) is 48.5 Å². The Hall–Kier alpha value is -2.68. The molecule has 3 nitrogen and oxygen atoms in total. The molecule has 0 N–H and O–H groups in total. The number of piperidine rings is 1. The van der Waals surface area contributed by atoms with E-state index in [1.165, 1.54) is 6.42 Å². The van der Waals surface area contributed by atoms with Crippen LogP contribution in [-0.2, 0) is 0 Å². The highest BCUT2D eigenvalue weighted by Crippen LogP contribution is 2.31. The molecule has 2 aromatic carbocycles. The van der Waals surface area contributed by atoms with Crippen LogP contribution in [0.1, 0.15) is 42.1 Å². The number of para-hydroxylation sites is 1. The first-order valence-corrected chi connectivity index (χ1v) is 9.42. The number of aromatic nitrogens is 1. The van der Waals surface area contributed by atoms with Gasteiger partial charge in [0.2, 0.25) is 0 Å². The summed E-state index contributed by atoms with van der Waals surface area (Å²) >= 11 is 0. The van der Waals surface area contributed by atoms with Crippen molar-refractivity contribution in [2.45, 2.75) is 39.2 Å². The Labute approximate surface area is 154 Å². The Morgan fingerprint density at radius 1 is 1.04 bits per heavy atom. The molecule has 1 fully saturated rings. The number of carbonyl (C=O) groups excluding carboxylic acids is 1. The maximum absolute atomic E-state index is 13.5. The number of hydrogen-bond acceptors (Lipinski definition) is 2. The maximum atomic E-state index is 13.5. The van der Waals surface area contributed by atoms with Crippen molar-refractivity contribution in [2.24, 2.45) is 0 Å². The van der Waals surface area contributed by atoms with Crippen LogP contribution in [-0.4, -0.2) is 28.4 Å². The Bertz CT molecular complexity index is 949. The largest absolute Gasteiger partial charge is 0.336 e. The lowest BCUT2D eigenvalue weighted by molar-refractivity contribution is 0.0637. The van der Waals surface area contributed by atoms with Gasteiger partial charge in [0.15, 0.2) is 0 Å². The van der Waals surface area contributed by atoms with Gasteiger partial charge in [0.25, 0.3) is 5.91 Å².